The predicted octanol–water partition coefficient (Wildman–Crippen LogP) is 24.0. The third-order valence-corrected chi connectivity index (χ3v) is 21.8. The Morgan fingerprint density at radius 1 is 0.280 bits per heavy atom. The number of unbranched alkanes of at least 4 members (excludes halogenated alkanes) is 41. The summed E-state index contributed by atoms with van der Waals surface area (Å²) in [6.07, 6.45) is 57.1. The summed E-state index contributed by atoms with van der Waals surface area (Å²) in [6, 6.07) is 0. The molecule has 5 unspecified atom stereocenters. The number of esters is 4. The van der Waals surface area contributed by atoms with E-state index in [4.69, 9.17) is 37.0 Å². The van der Waals surface area contributed by atoms with Crippen molar-refractivity contribution >= 4 is 39.5 Å². The summed E-state index contributed by atoms with van der Waals surface area (Å²) >= 11 is 0. The van der Waals surface area contributed by atoms with Crippen LogP contribution in [0.25, 0.3) is 0 Å². The quantitative estimate of drug-likeness (QED) is 0.0222. The maximum absolute atomic E-state index is 13.1. The zero-order valence-corrected chi connectivity index (χ0v) is 67.6. The lowest BCUT2D eigenvalue weighted by atomic mass is 9.99. The van der Waals surface area contributed by atoms with E-state index in [1.165, 1.54) is 212 Å². The highest BCUT2D eigenvalue weighted by Gasteiger charge is 2.30. The molecule has 0 rings (SSSR count). The van der Waals surface area contributed by atoms with E-state index in [1.54, 1.807) is 0 Å². The molecule has 0 aromatic carbocycles. The van der Waals surface area contributed by atoms with E-state index in [1.807, 2.05) is 0 Å². The van der Waals surface area contributed by atoms with Gasteiger partial charge in [0.1, 0.15) is 19.3 Å². The molecule has 0 amide bonds. The molecule has 0 radical (unpaired) electrons. The van der Waals surface area contributed by atoms with Gasteiger partial charge in [-0.2, -0.15) is 0 Å². The average Bonchev–Trinajstić information content (AvgIpc) is 0.931. The van der Waals surface area contributed by atoms with Crippen LogP contribution in [0.15, 0.2) is 0 Å². The van der Waals surface area contributed by atoms with Crippen molar-refractivity contribution in [2.24, 2.45) is 23.7 Å². The zero-order valence-electron chi connectivity index (χ0n) is 65.8. The first kappa shape index (κ1) is 98.1. The molecule has 0 aliphatic heterocycles. The van der Waals surface area contributed by atoms with Crippen LogP contribution in [0.2, 0.25) is 0 Å². The van der Waals surface area contributed by atoms with Crippen LogP contribution in [0.4, 0.5) is 0 Å². The minimum Gasteiger partial charge on any atom is -0.462 e. The Balaban J connectivity index is 5.19. The molecular formula is C81H158O17P2. The number of carbonyl (C=O) groups excluding carboxylic acids is 4. The van der Waals surface area contributed by atoms with Gasteiger partial charge in [0.15, 0.2) is 12.2 Å². The Morgan fingerprint density at radius 2 is 0.480 bits per heavy atom. The van der Waals surface area contributed by atoms with Gasteiger partial charge in [0.25, 0.3) is 0 Å². The smallest absolute Gasteiger partial charge is 0.462 e. The van der Waals surface area contributed by atoms with Crippen LogP contribution in [0.5, 0.6) is 0 Å². The van der Waals surface area contributed by atoms with Gasteiger partial charge < -0.3 is 33.8 Å². The second-order valence-corrected chi connectivity index (χ2v) is 33.3. The molecule has 17 nitrogen and oxygen atoms in total. The molecule has 0 aliphatic rings. The lowest BCUT2D eigenvalue weighted by molar-refractivity contribution is -0.161. The molecule has 0 spiro atoms. The van der Waals surface area contributed by atoms with E-state index in [-0.39, 0.29) is 25.7 Å². The summed E-state index contributed by atoms with van der Waals surface area (Å²) in [7, 11) is -9.92. The van der Waals surface area contributed by atoms with Gasteiger partial charge in [-0.15, -0.1) is 0 Å². The number of aliphatic hydroxyl groups is 1. The number of carbonyl (C=O) groups is 4. The van der Waals surface area contributed by atoms with E-state index in [0.29, 0.717) is 31.6 Å². The largest absolute Gasteiger partial charge is 0.472 e. The molecular weight excluding hydrogens is 1310 g/mol. The Kier molecular flexibility index (Phi) is 68.7. The van der Waals surface area contributed by atoms with Crippen molar-refractivity contribution in [3.05, 3.63) is 0 Å². The number of phosphoric acid groups is 2. The van der Waals surface area contributed by atoms with Crippen molar-refractivity contribution in [2.45, 2.75) is 433 Å². The van der Waals surface area contributed by atoms with Crippen LogP contribution in [-0.4, -0.2) is 96.7 Å². The lowest BCUT2D eigenvalue weighted by Crippen LogP contribution is -2.30. The molecule has 0 aliphatic carbocycles. The highest BCUT2D eigenvalue weighted by Crippen LogP contribution is 2.45. The van der Waals surface area contributed by atoms with E-state index < -0.39 is 97.5 Å². The van der Waals surface area contributed by atoms with E-state index in [0.717, 1.165) is 114 Å². The van der Waals surface area contributed by atoms with Gasteiger partial charge in [-0.3, -0.25) is 37.3 Å². The SMILES string of the molecule is CCC(C)CCCCCCCCCCCCCCCCCCCCC(=O)OC[C@H](COP(=O)(O)OC[C@@H](O)COP(=O)(O)OC[C@@H](COC(=O)CCCCCCCCC(C)CC)OC(=O)CCCCCCCCCC(C)C)OC(=O)CCCCCCCCCCCCCCCCC(C)CC. The number of phosphoric ester groups is 2. The fraction of sp³-hybridized carbons (Fsp3) is 0.951. The number of aliphatic hydroxyl groups excluding tert-OH is 1. The molecule has 0 heterocycles. The van der Waals surface area contributed by atoms with Crippen molar-refractivity contribution in [1.82, 2.24) is 0 Å². The van der Waals surface area contributed by atoms with Crippen LogP contribution >= 0.6 is 15.6 Å². The third kappa shape index (κ3) is 70.4. The predicted molar refractivity (Wildman–Crippen MR) is 409 cm³/mol. The van der Waals surface area contributed by atoms with E-state index in [2.05, 4.69) is 55.4 Å². The Hall–Kier alpha value is -1.94. The highest BCUT2D eigenvalue weighted by molar-refractivity contribution is 7.47. The maximum atomic E-state index is 13.1. The highest BCUT2D eigenvalue weighted by atomic mass is 31.2. The van der Waals surface area contributed by atoms with Gasteiger partial charge >= 0.3 is 39.5 Å². The Morgan fingerprint density at radius 3 is 0.710 bits per heavy atom. The van der Waals surface area contributed by atoms with Crippen LogP contribution in [0.1, 0.15) is 415 Å². The number of hydrogen-bond acceptors (Lipinski definition) is 15. The van der Waals surface area contributed by atoms with Crippen molar-refractivity contribution < 1.29 is 80.2 Å². The van der Waals surface area contributed by atoms with Gasteiger partial charge in [-0.1, -0.05) is 364 Å². The van der Waals surface area contributed by atoms with Gasteiger partial charge in [0, 0.05) is 25.7 Å². The van der Waals surface area contributed by atoms with Gasteiger partial charge in [0.05, 0.1) is 26.4 Å². The van der Waals surface area contributed by atoms with E-state index in [9.17, 15) is 43.2 Å². The number of hydrogen-bond donors (Lipinski definition) is 3. The van der Waals surface area contributed by atoms with Crippen molar-refractivity contribution in [1.29, 1.82) is 0 Å². The minimum atomic E-state index is -4.96. The second-order valence-electron chi connectivity index (χ2n) is 30.4. The van der Waals surface area contributed by atoms with Gasteiger partial charge in [-0.25, -0.2) is 9.13 Å². The Bertz CT molecular complexity index is 1960. The molecule has 0 aromatic rings. The summed E-state index contributed by atoms with van der Waals surface area (Å²) in [4.78, 5) is 72.9. The molecule has 19 heteroatoms. The number of rotatable bonds is 78. The lowest BCUT2D eigenvalue weighted by Gasteiger charge is -2.21. The first-order valence-corrected chi connectivity index (χ1v) is 44.8. The number of ether oxygens (including phenoxy) is 4. The minimum absolute atomic E-state index is 0.102. The summed E-state index contributed by atoms with van der Waals surface area (Å²) in [5.74, 6) is 1.03. The van der Waals surface area contributed by atoms with Crippen LogP contribution in [0, 0.1) is 23.7 Å². The fourth-order valence-corrected chi connectivity index (χ4v) is 13.9. The third-order valence-electron chi connectivity index (χ3n) is 19.9. The molecule has 0 saturated carbocycles. The molecule has 8 atom stereocenters. The monoisotopic (exact) mass is 1470 g/mol. The standard InChI is InChI=1S/C81H158O17P2/c1-9-72(6)58-50-42-34-28-24-20-16-14-12-13-15-17-22-26-30-36-45-53-61-78(83)91-67-76(97-80(85)63-55-47-37-31-27-23-19-18-21-25-29-35-43-51-59-73(7)10-2)69-95-99(87,88)93-65-75(82)66-94-100(89,90)96-70-77(98-81(86)64-56-48-38-32-33-41-49-57-71(4)5)68-92-79(84)62-54-46-40-39-44-52-60-74(8)11-3/h71-77,82H,9-70H2,1-8H3,(H,87,88)(H,89,90)/t72?,73?,74?,75-,76-,77-/m1/s1. The molecule has 0 saturated heterocycles. The molecule has 594 valence electrons. The molecule has 0 bridgehead atoms. The fourth-order valence-electron chi connectivity index (χ4n) is 12.3. The molecule has 100 heavy (non-hydrogen) atoms. The summed E-state index contributed by atoms with van der Waals surface area (Å²) in [6.45, 7) is 14.2. The van der Waals surface area contributed by atoms with Gasteiger partial charge in [0.2, 0.25) is 0 Å². The maximum Gasteiger partial charge on any atom is 0.472 e. The topological polar surface area (TPSA) is 237 Å². The van der Waals surface area contributed by atoms with Gasteiger partial charge in [-0.05, 0) is 49.4 Å². The van der Waals surface area contributed by atoms with Crippen molar-refractivity contribution in [2.75, 3.05) is 39.6 Å². The van der Waals surface area contributed by atoms with Crippen molar-refractivity contribution in [3.8, 4) is 0 Å². The van der Waals surface area contributed by atoms with Crippen LogP contribution in [-0.2, 0) is 65.4 Å². The van der Waals surface area contributed by atoms with Crippen LogP contribution in [0.3, 0.4) is 0 Å². The molecule has 0 fully saturated rings. The normalized spacial score (nSPS) is 14.8. The van der Waals surface area contributed by atoms with Crippen LogP contribution < -0.4 is 0 Å². The Labute approximate surface area is 613 Å². The zero-order chi connectivity index (χ0) is 73.8. The second kappa shape index (κ2) is 70.1. The first-order valence-electron chi connectivity index (χ1n) is 41.8. The van der Waals surface area contributed by atoms with E-state index >= 15 is 0 Å². The van der Waals surface area contributed by atoms with Crippen molar-refractivity contribution in [3.63, 3.8) is 0 Å². The summed E-state index contributed by atoms with van der Waals surface area (Å²) in [5, 5.41) is 10.6. The first-order chi connectivity index (χ1) is 48.2. The average molecular weight is 1470 g/mol. The summed E-state index contributed by atoms with van der Waals surface area (Å²) in [5.41, 5.74) is 0. The summed E-state index contributed by atoms with van der Waals surface area (Å²) < 4.78 is 68.6. The molecule has 0 aromatic heterocycles. The molecule has 3 N–H and O–H groups in total.